The molecule has 0 atom stereocenters. The van der Waals surface area contributed by atoms with Crippen molar-refractivity contribution in [1.82, 2.24) is 0 Å². The van der Waals surface area contributed by atoms with E-state index in [0.29, 0.717) is 6.42 Å². The van der Waals surface area contributed by atoms with Crippen molar-refractivity contribution in [3.05, 3.63) is 91.0 Å². The molecule has 0 N–H and O–H groups in total. The molecule has 164 valence electrons. The Kier molecular flexibility index (Phi) is 9.28. The molecule has 3 rings (SSSR count). The van der Waals surface area contributed by atoms with Gasteiger partial charge in [-0.05, 0) is 41.7 Å². The fourth-order valence-corrected chi connectivity index (χ4v) is 7.58. The highest BCUT2D eigenvalue weighted by molar-refractivity contribution is 7.07. The summed E-state index contributed by atoms with van der Waals surface area (Å²) in [5, 5.41) is 16.9. The summed E-state index contributed by atoms with van der Waals surface area (Å²) >= 11 is 0. The summed E-state index contributed by atoms with van der Waals surface area (Å²) in [6.07, 6.45) is 7.17. The van der Waals surface area contributed by atoms with Gasteiger partial charge in [-0.15, -0.1) is 5.16 Å². The van der Waals surface area contributed by atoms with E-state index in [0.717, 1.165) is 37.8 Å². The second-order valence-corrected chi connectivity index (χ2v) is 11.4. The van der Waals surface area contributed by atoms with Gasteiger partial charge in [-0.2, -0.15) is 5.26 Å². The molecule has 0 saturated heterocycles. The third-order valence-electron chi connectivity index (χ3n) is 5.71. The Labute approximate surface area is 193 Å². The number of unbranched alkanes of at least 4 members (excludes halogenated alkanes) is 5. The van der Waals surface area contributed by atoms with Crippen LogP contribution in [0.3, 0.4) is 0 Å². The number of nitriles is 1. The summed E-state index contributed by atoms with van der Waals surface area (Å²) in [7, 11) is -2.77. The first-order valence-electron chi connectivity index (χ1n) is 11.5. The zero-order valence-electron chi connectivity index (χ0n) is 18.9. The van der Waals surface area contributed by atoms with Gasteiger partial charge in [0.05, 0.1) is 11.8 Å². The third-order valence-corrected chi connectivity index (χ3v) is 9.51. The minimum atomic E-state index is -2.77. The van der Waals surface area contributed by atoms with E-state index in [4.69, 9.17) is 14.9 Å². The van der Waals surface area contributed by atoms with Crippen LogP contribution in [0.4, 0.5) is 0 Å². The van der Waals surface area contributed by atoms with E-state index < -0.39 is 8.32 Å². The lowest BCUT2D eigenvalue weighted by atomic mass is 10.1. The fraction of sp³-hybridized carbons (Fsp3) is 0.286. The Morgan fingerprint density at radius 3 is 1.62 bits per heavy atom. The minimum Gasteiger partial charge on any atom is -0.438 e. The molecular formula is C28H32N2OSi. The number of hydrogen-bond acceptors (Lipinski definition) is 3. The summed E-state index contributed by atoms with van der Waals surface area (Å²) in [4.78, 5) is 0. The first-order valence-corrected chi connectivity index (χ1v) is 13.4. The normalized spacial score (nSPS) is 11.7. The van der Waals surface area contributed by atoms with Gasteiger partial charge in [0.1, 0.15) is 0 Å². The van der Waals surface area contributed by atoms with Crippen LogP contribution in [0.15, 0.2) is 96.2 Å². The Hall–Kier alpha value is -3.16. The number of benzene rings is 3. The molecule has 4 heteroatoms. The first-order chi connectivity index (χ1) is 15.8. The second kappa shape index (κ2) is 12.6. The molecule has 0 amide bonds. The topological polar surface area (TPSA) is 45.4 Å². The van der Waals surface area contributed by atoms with E-state index in [2.05, 4.69) is 85.8 Å². The van der Waals surface area contributed by atoms with Crippen molar-refractivity contribution in [2.45, 2.75) is 51.9 Å². The Balaban J connectivity index is 1.84. The molecule has 0 aromatic heterocycles. The van der Waals surface area contributed by atoms with Crippen LogP contribution in [-0.4, -0.2) is 14.0 Å². The minimum absolute atomic E-state index is 0.666. The predicted molar refractivity (Wildman–Crippen MR) is 136 cm³/mol. The highest BCUT2D eigenvalue weighted by Crippen LogP contribution is 2.12. The molecular weight excluding hydrogens is 408 g/mol. The van der Waals surface area contributed by atoms with Gasteiger partial charge >= 0.3 is 8.32 Å². The third kappa shape index (κ3) is 6.18. The molecule has 3 nitrogen and oxygen atoms in total. The molecule has 0 aliphatic heterocycles. The van der Waals surface area contributed by atoms with Crippen molar-refractivity contribution in [1.29, 1.82) is 5.26 Å². The summed E-state index contributed by atoms with van der Waals surface area (Å²) in [5.74, 6) is 0. The lowest BCUT2D eigenvalue weighted by Gasteiger charge is -2.30. The van der Waals surface area contributed by atoms with Crippen LogP contribution in [0.1, 0.15) is 51.9 Å². The van der Waals surface area contributed by atoms with Crippen molar-refractivity contribution in [3.63, 3.8) is 0 Å². The van der Waals surface area contributed by atoms with E-state index in [9.17, 15) is 0 Å². The van der Waals surface area contributed by atoms with Crippen LogP contribution >= 0.6 is 0 Å². The maximum atomic E-state index is 8.64. The molecule has 0 unspecified atom stereocenters. The Morgan fingerprint density at radius 2 is 1.16 bits per heavy atom. The molecule has 0 aliphatic carbocycles. The van der Waals surface area contributed by atoms with Gasteiger partial charge in [-0.3, -0.25) is 0 Å². The van der Waals surface area contributed by atoms with Gasteiger partial charge in [0, 0.05) is 6.42 Å². The van der Waals surface area contributed by atoms with E-state index in [1.165, 1.54) is 22.0 Å². The fourth-order valence-electron chi connectivity index (χ4n) is 3.98. The van der Waals surface area contributed by atoms with Crippen molar-refractivity contribution in [2.75, 3.05) is 0 Å². The average Bonchev–Trinajstić information content (AvgIpc) is 2.86. The van der Waals surface area contributed by atoms with E-state index in [1.54, 1.807) is 0 Å². The van der Waals surface area contributed by atoms with E-state index in [1.807, 2.05) is 18.2 Å². The standard InChI is InChI=1S/C28H32N2OSi/c1-25(17-9-4-2-3-5-16-24-29)30-31-32(26-18-10-6-11-19-26,27-20-12-7-13-21-27)28-22-14-8-15-23-28/h6-8,10-15,18-23H,2-5,9,16-17H2,1H3/b30-25+. The van der Waals surface area contributed by atoms with Crippen LogP contribution in [-0.2, 0) is 4.53 Å². The van der Waals surface area contributed by atoms with Crippen LogP contribution < -0.4 is 15.6 Å². The van der Waals surface area contributed by atoms with Crippen LogP contribution in [0.5, 0.6) is 0 Å². The quantitative estimate of drug-likeness (QED) is 0.126. The second-order valence-electron chi connectivity index (χ2n) is 8.12. The highest BCUT2D eigenvalue weighted by Gasteiger charge is 2.44. The maximum Gasteiger partial charge on any atom is 0.380 e. The van der Waals surface area contributed by atoms with Gasteiger partial charge < -0.3 is 4.53 Å². The summed E-state index contributed by atoms with van der Waals surface area (Å²) in [6.45, 7) is 2.07. The van der Waals surface area contributed by atoms with Crippen LogP contribution in [0.25, 0.3) is 0 Å². The van der Waals surface area contributed by atoms with Gasteiger partial charge in [0.15, 0.2) is 0 Å². The molecule has 0 radical (unpaired) electrons. The molecule has 3 aromatic rings. The molecule has 0 fully saturated rings. The molecule has 0 spiro atoms. The predicted octanol–water partition coefficient (Wildman–Crippen LogP) is 5.30. The zero-order valence-corrected chi connectivity index (χ0v) is 19.9. The SMILES string of the molecule is C/C(CCCCCCCC#N)=N\O[Si](c1ccccc1)(c1ccccc1)c1ccccc1. The lowest BCUT2D eigenvalue weighted by Crippen LogP contribution is -2.68. The van der Waals surface area contributed by atoms with E-state index >= 15 is 0 Å². The molecule has 3 aromatic carbocycles. The molecule has 0 heterocycles. The molecule has 0 saturated carbocycles. The van der Waals surface area contributed by atoms with Gasteiger partial charge in [0.25, 0.3) is 0 Å². The van der Waals surface area contributed by atoms with Crippen molar-refractivity contribution < 1.29 is 4.53 Å². The summed E-state index contributed by atoms with van der Waals surface area (Å²) in [5.41, 5.74) is 1.03. The Morgan fingerprint density at radius 1 is 0.719 bits per heavy atom. The van der Waals surface area contributed by atoms with Gasteiger partial charge in [-0.25, -0.2) is 0 Å². The molecule has 0 aliphatic rings. The number of rotatable bonds is 12. The Bertz CT molecular complexity index is 901. The number of hydrogen-bond donors (Lipinski definition) is 0. The smallest absolute Gasteiger partial charge is 0.380 e. The average molecular weight is 441 g/mol. The zero-order chi connectivity index (χ0) is 22.5. The van der Waals surface area contributed by atoms with Gasteiger partial charge in [-0.1, -0.05) is 110 Å². The number of oxime groups is 1. The lowest BCUT2D eigenvalue weighted by molar-refractivity contribution is 0.346. The number of nitrogens with zero attached hydrogens (tertiary/aromatic N) is 2. The van der Waals surface area contributed by atoms with Crippen molar-refractivity contribution in [2.24, 2.45) is 5.16 Å². The molecule has 32 heavy (non-hydrogen) atoms. The largest absolute Gasteiger partial charge is 0.438 e. The summed E-state index contributed by atoms with van der Waals surface area (Å²) < 4.78 is 6.65. The highest BCUT2D eigenvalue weighted by atomic mass is 28.4. The van der Waals surface area contributed by atoms with Crippen LogP contribution in [0.2, 0.25) is 0 Å². The first kappa shape index (κ1) is 23.5. The van der Waals surface area contributed by atoms with Gasteiger partial charge in [0.2, 0.25) is 0 Å². The van der Waals surface area contributed by atoms with E-state index in [-0.39, 0.29) is 0 Å². The maximum absolute atomic E-state index is 8.64. The monoisotopic (exact) mass is 440 g/mol. The van der Waals surface area contributed by atoms with Crippen molar-refractivity contribution >= 4 is 29.6 Å². The molecule has 0 bridgehead atoms. The van der Waals surface area contributed by atoms with Crippen molar-refractivity contribution in [3.8, 4) is 6.07 Å². The summed E-state index contributed by atoms with van der Waals surface area (Å²) in [6, 6.07) is 33.8. The van der Waals surface area contributed by atoms with Crippen LogP contribution in [0, 0.1) is 11.3 Å².